The number of allylic oxidation sites excluding steroid dienone is 2. The lowest BCUT2D eigenvalue weighted by Crippen LogP contribution is -2.04. The third kappa shape index (κ3) is 17.0. The van der Waals surface area contributed by atoms with E-state index in [0.717, 1.165) is 19.3 Å². The number of unbranched alkanes of at least 4 members (excludes halogenated alkanes) is 9. The molecule has 0 aromatic heterocycles. The van der Waals surface area contributed by atoms with Gasteiger partial charge in [0, 0.05) is 6.42 Å². The van der Waals surface area contributed by atoms with Gasteiger partial charge in [0.25, 0.3) is 0 Å². The molecule has 0 saturated heterocycles. The maximum absolute atomic E-state index is 11.3. The van der Waals surface area contributed by atoms with Gasteiger partial charge in [-0.2, -0.15) is 0 Å². The van der Waals surface area contributed by atoms with Crippen LogP contribution in [0.15, 0.2) is 24.8 Å². The van der Waals surface area contributed by atoms with Gasteiger partial charge < -0.3 is 4.74 Å². The van der Waals surface area contributed by atoms with Gasteiger partial charge in [-0.3, -0.25) is 4.79 Å². The lowest BCUT2D eigenvalue weighted by molar-refractivity contribution is -0.143. The topological polar surface area (TPSA) is 26.3 Å². The zero-order valence-corrected chi connectivity index (χ0v) is 14.7. The van der Waals surface area contributed by atoms with Gasteiger partial charge in [-0.25, -0.2) is 0 Å². The van der Waals surface area contributed by atoms with Crippen LogP contribution in [0.2, 0.25) is 0 Å². The minimum atomic E-state index is -0.102. The van der Waals surface area contributed by atoms with Crippen LogP contribution in [0.25, 0.3) is 0 Å². The SMILES string of the molecule is C=CCCOC(=O)CC/C=C/CCCCCCCCCCC. The fraction of sp³-hybridized carbons (Fsp3) is 0.750. The Morgan fingerprint density at radius 2 is 1.45 bits per heavy atom. The van der Waals surface area contributed by atoms with E-state index in [1.807, 2.05) is 0 Å². The number of esters is 1. The van der Waals surface area contributed by atoms with Crippen molar-refractivity contribution in [3.8, 4) is 0 Å². The molecule has 0 aliphatic carbocycles. The summed E-state index contributed by atoms with van der Waals surface area (Å²) >= 11 is 0. The summed E-state index contributed by atoms with van der Waals surface area (Å²) in [5, 5.41) is 0. The van der Waals surface area contributed by atoms with Crippen molar-refractivity contribution in [2.24, 2.45) is 0 Å². The summed E-state index contributed by atoms with van der Waals surface area (Å²) in [4.78, 5) is 11.3. The number of hydrogen-bond donors (Lipinski definition) is 0. The van der Waals surface area contributed by atoms with E-state index in [1.54, 1.807) is 6.08 Å². The van der Waals surface area contributed by atoms with E-state index in [4.69, 9.17) is 4.74 Å². The van der Waals surface area contributed by atoms with Gasteiger partial charge >= 0.3 is 5.97 Å². The van der Waals surface area contributed by atoms with E-state index in [-0.39, 0.29) is 5.97 Å². The molecular formula is C20H36O2. The summed E-state index contributed by atoms with van der Waals surface area (Å²) < 4.78 is 5.05. The minimum Gasteiger partial charge on any atom is -0.465 e. The minimum absolute atomic E-state index is 0.102. The predicted octanol–water partition coefficient (Wildman–Crippen LogP) is 6.36. The Morgan fingerprint density at radius 3 is 2.09 bits per heavy atom. The van der Waals surface area contributed by atoms with Crippen LogP contribution in [0, 0.1) is 0 Å². The Labute approximate surface area is 138 Å². The molecule has 0 aliphatic rings. The molecule has 2 heteroatoms. The molecule has 0 spiro atoms. The Kier molecular flexibility index (Phi) is 17.1. The van der Waals surface area contributed by atoms with E-state index < -0.39 is 0 Å². The van der Waals surface area contributed by atoms with Crippen molar-refractivity contribution in [3.63, 3.8) is 0 Å². The molecule has 0 aromatic carbocycles. The fourth-order valence-corrected chi connectivity index (χ4v) is 2.34. The maximum atomic E-state index is 11.3. The molecule has 0 rings (SSSR count). The summed E-state index contributed by atoms with van der Waals surface area (Å²) in [6.45, 7) is 6.32. The normalized spacial score (nSPS) is 11.0. The van der Waals surface area contributed by atoms with Crippen molar-refractivity contribution in [1.29, 1.82) is 0 Å². The zero-order valence-electron chi connectivity index (χ0n) is 14.7. The Morgan fingerprint density at radius 1 is 0.864 bits per heavy atom. The van der Waals surface area contributed by atoms with Crippen molar-refractivity contribution in [1.82, 2.24) is 0 Å². The Bertz CT molecular complexity index is 281. The Hall–Kier alpha value is -1.05. The summed E-state index contributed by atoms with van der Waals surface area (Å²) in [5.41, 5.74) is 0. The first kappa shape index (κ1) is 20.9. The molecule has 0 heterocycles. The van der Waals surface area contributed by atoms with Crippen LogP contribution in [0.5, 0.6) is 0 Å². The highest BCUT2D eigenvalue weighted by atomic mass is 16.5. The highest BCUT2D eigenvalue weighted by Gasteiger charge is 1.99. The first-order valence-corrected chi connectivity index (χ1v) is 9.22. The molecule has 0 amide bonds. The predicted molar refractivity (Wildman–Crippen MR) is 96.0 cm³/mol. The van der Waals surface area contributed by atoms with Crippen LogP contribution in [-0.4, -0.2) is 12.6 Å². The van der Waals surface area contributed by atoms with E-state index in [2.05, 4.69) is 25.7 Å². The van der Waals surface area contributed by atoms with Gasteiger partial charge in [-0.15, -0.1) is 6.58 Å². The second kappa shape index (κ2) is 18.0. The van der Waals surface area contributed by atoms with Crippen LogP contribution in [-0.2, 0) is 9.53 Å². The first-order valence-electron chi connectivity index (χ1n) is 9.22. The monoisotopic (exact) mass is 308 g/mol. The van der Waals surface area contributed by atoms with Crippen LogP contribution in [0.3, 0.4) is 0 Å². The molecule has 0 aromatic rings. The van der Waals surface area contributed by atoms with Crippen LogP contribution >= 0.6 is 0 Å². The van der Waals surface area contributed by atoms with Gasteiger partial charge in [0.15, 0.2) is 0 Å². The van der Waals surface area contributed by atoms with Gasteiger partial charge in [0.1, 0.15) is 0 Å². The Balaban J connectivity index is 3.20. The van der Waals surface area contributed by atoms with Gasteiger partial charge in [0.05, 0.1) is 6.61 Å². The number of ether oxygens (including phenoxy) is 1. The lowest BCUT2D eigenvalue weighted by Gasteiger charge is -2.01. The van der Waals surface area contributed by atoms with Gasteiger partial charge in [0.2, 0.25) is 0 Å². The van der Waals surface area contributed by atoms with Crippen molar-refractivity contribution in [2.75, 3.05) is 6.61 Å². The largest absolute Gasteiger partial charge is 0.465 e. The second-order valence-corrected chi connectivity index (χ2v) is 5.93. The van der Waals surface area contributed by atoms with E-state index in [1.165, 1.54) is 57.8 Å². The van der Waals surface area contributed by atoms with Crippen molar-refractivity contribution < 1.29 is 9.53 Å². The van der Waals surface area contributed by atoms with Gasteiger partial charge in [-0.05, 0) is 25.7 Å². The molecule has 0 radical (unpaired) electrons. The molecule has 128 valence electrons. The molecule has 2 nitrogen and oxygen atoms in total. The van der Waals surface area contributed by atoms with Crippen LogP contribution < -0.4 is 0 Å². The van der Waals surface area contributed by atoms with Crippen LogP contribution in [0.4, 0.5) is 0 Å². The van der Waals surface area contributed by atoms with Crippen molar-refractivity contribution >= 4 is 5.97 Å². The van der Waals surface area contributed by atoms with Crippen molar-refractivity contribution in [3.05, 3.63) is 24.8 Å². The molecule has 0 bridgehead atoms. The van der Waals surface area contributed by atoms with Crippen molar-refractivity contribution in [2.45, 2.75) is 90.4 Å². The summed E-state index contributed by atoms with van der Waals surface area (Å²) in [6.07, 6.45) is 21.6. The number of rotatable bonds is 16. The quantitative estimate of drug-likeness (QED) is 0.188. The molecule has 0 fully saturated rings. The second-order valence-electron chi connectivity index (χ2n) is 5.93. The molecule has 0 atom stereocenters. The molecule has 0 unspecified atom stereocenters. The summed E-state index contributed by atoms with van der Waals surface area (Å²) in [7, 11) is 0. The summed E-state index contributed by atoms with van der Waals surface area (Å²) in [5.74, 6) is -0.102. The molecular weight excluding hydrogens is 272 g/mol. The van der Waals surface area contributed by atoms with E-state index in [9.17, 15) is 4.79 Å². The van der Waals surface area contributed by atoms with Crippen LogP contribution in [0.1, 0.15) is 90.4 Å². The number of carbonyl (C=O) groups excluding carboxylic acids is 1. The third-order valence-electron chi connectivity index (χ3n) is 3.74. The fourth-order valence-electron chi connectivity index (χ4n) is 2.34. The molecule has 0 N–H and O–H groups in total. The first-order chi connectivity index (χ1) is 10.8. The maximum Gasteiger partial charge on any atom is 0.306 e. The molecule has 0 aliphatic heterocycles. The number of carbonyl (C=O) groups is 1. The zero-order chi connectivity index (χ0) is 16.3. The highest BCUT2D eigenvalue weighted by molar-refractivity contribution is 5.69. The highest BCUT2D eigenvalue weighted by Crippen LogP contribution is 2.10. The smallest absolute Gasteiger partial charge is 0.306 e. The molecule has 22 heavy (non-hydrogen) atoms. The average molecular weight is 309 g/mol. The third-order valence-corrected chi connectivity index (χ3v) is 3.74. The lowest BCUT2D eigenvalue weighted by atomic mass is 10.1. The summed E-state index contributed by atoms with van der Waals surface area (Å²) in [6, 6.07) is 0. The average Bonchev–Trinajstić information content (AvgIpc) is 2.52. The van der Waals surface area contributed by atoms with Gasteiger partial charge in [-0.1, -0.05) is 76.5 Å². The number of hydrogen-bond acceptors (Lipinski definition) is 2. The van der Waals surface area contributed by atoms with E-state index in [0.29, 0.717) is 13.0 Å². The van der Waals surface area contributed by atoms with E-state index >= 15 is 0 Å². The molecule has 0 saturated carbocycles. The standard InChI is InChI=1S/C20H36O2/c1-3-5-7-8-9-10-11-12-13-14-15-16-17-18-20(21)22-19-6-4-2/h4,15-16H,2-3,5-14,17-19H2,1H3/b16-15+.